The van der Waals surface area contributed by atoms with Crippen molar-refractivity contribution in [2.45, 2.75) is 12.1 Å². The smallest absolute Gasteiger partial charge is 0.234 e. The Labute approximate surface area is 153 Å². The second kappa shape index (κ2) is 7.54. The monoisotopic (exact) mass is 375 g/mol. The summed E-state index contributed by atoms with van der Waals surface area (Å²) in [6.07, 6.45) is 0. The maximum absolute atomic E-state index is 12.1. The number of hydrogen-bond acceptors (Lipinski definition) is 6. The highest BCUT2D eigenvalue weighted by molar-refractivity contribution is 7.99. The van der Waals surface area contributed by atoms with Crippen LogP contribution in [0.15, 0.2) is 47.6 Å². The topological polar surface area (TPSA) is 92.9 Å². The highest BCUT2D eigenvalue weighted by Crippen LogP contribution is 2.22. The molecule has 0 aliphatic carbocycles. The number of hydrogen-bond donors (Lipinski definition) is 2. The quantitative estimate of drug-likeness (QED) is 0.526. The number of carbonyl (C=O) groups excluding carboxylic acids is 1. The maximum Gasteiger partial charge on any atom is 0.234 e. The summed E-state index contributed by atoms with van der Waals surface area (Å²) in [6, 6.07) is 12.0. The van der Waals surface area contributed by atoms with E-state index < -0.39 is 0 Å². The number of anilines is 1. The first-order valence-corrected chi connectivity index (χ1v) is 8.66. The van der Waals surface area contributed by atoms with Crippen LogP contribution in [-0.2, 0) is 4.79 Å². The van der Waals surface area contributed by atoms with Crippen molar-refractivity contribution in [1.29, 1.82) is 0 Å². The Balaban J connectivity index is 1.64. The normalized spacial score (nSPS) is 10.6. The van der Waals surface area contributed by atoms with Crippen molar-refractivity contribution in [1.82, 2.24) is 20.2 Å². The average molecular weight is 376 g/mol. The van der Waals surface area contributed by atoms with Crippen molar-refractivity contribution in [2.24, 2.45) is 0 Å². The van der Waals surface area contributed by atoms with E-state index in [9.17, 15) is 9.90 Å². The minimum Gasteiger partial charge on any atom is -0.508 e. The molecule has 25 heavy (non-hydrogen) atoms. The van der Waals surface area contributed by atoms with E-state index in [0.717, 1.165) is 5.69 Å². The van der Waals surface area contributed by atoms with Gasteiger partial charge in [-0.15, -0.1) is 5.10 Å². The summed E-state index contributed by atoms with van der Waals surface area (Å²) in [6.45, 7) is 1.76. The number of amides is 1. The number of nitrogens with zero attached hydrogens (tertiary/aromatic N) is 4. The third kappa shape index (κ3) is 4.28. The zero-order valence-electron chi connectivity index (χ0n) is 13.2. The Morgan fingerprint density at radius 3 is 2.76 bits per heavy atom. The van der Waals surface area contributed by atoms with Crippen molar-refractivity contribution >= 4 is 35.0 Å². The van der Waals surface area contributed by atoms with Gasteiger partial charge in [0.05, 0.1) is 11.4 Å². The number of halogens is 1. The molecular formula is C16H14ClN5O2S. The summed E-state index contributed by atoms with van der Waals surface area (Å²) in [5.74, 6) is 0.142. The van der Waals surface area contributed by atoms with Crippen molar-refractivity contribution in [3.8, 4) is 11.4 Å². The third-order valence-electron chi connectivity index (χ3n) is 3.33. The van der Waals surface area contributed by atoms with Gasteiger partial charge in [0.1, 0.15) is 5.75 Å². The van der Waals surface area contributed by atoms with Crippen LogP contribution in [0.2, 0.25) is 5.02 Å². The van der Waals surface area contributed by atoms with Crippen molar-refractivity contribution in [2.75, 3.05) is 11.1 Å². The number of nitrogens with one attached hydrogen (secondary N) is 1. The number of aromatic hydroxyl groups is 1. The second-order valence-corrected chi connectivity index (χ2v) is 6.57. The van der Waals surface area contributed by atoms with E-state index in [1.165, 1.54) is 11.8 Å². The van der Waals surface area contributed by atoms with Gasteiger partial charge >= 0.3 is 0 Å². The molecule has 2 aromatic carbocycles. The minimum absolute atomic E-state index is 0.147. The van der Waals surface area contributed by atoms with Crippen LogP contribution < -0.4 is 5.32 Å². The summed E-state index contributed by atoms with van der Waals surface area (Å²) in [5, 5.41) is 24.9. The highest BCUT2D eigenvalue weighted by Gasteiger charge is 2.12. The van der Waals surface area contributed by atoms with E-state index in [2.05, 4.69) is 20.8 Å². The fourth-order valence-corrected chi connectivity index (χ4v) is 2.89. The van der Waals surface area contributed by atoms with Crippen molar-refractivity contribution in [3.63, 3.8) is 0 Å². The molecule has 0 saturated heterocycles. The van der Waals surface area contributed by atoms with Crippen molar-refractivity contribution < 1.29 is 9.90 Å². The van der Waals surface area contributed by atoms with Crippen molar-refractivity contribution in [3.05, 3.63) is 53.1 Å². The molecule has 7 nitrogen and oxygen atoms in total. The number of tetrazole rings is 1. The Kier molecular flexibility index (Phi) is 5.20. The number of rotatable bonds is 5. The molecule has 1 amide bonds. The number of thioether (sulfide) groups is 1. The number of aromatic nitrogens is 4. The van der Waals surface area contributed by atoms with Crippen LogP contribution in [0.4, 0.5) is 5.69 Å². The Morgan fingerprint density at radius 2 is 2.04 bits per heavy atom. The molecule has 0 spiro atoms. The van der Waals surface area contributed by atoms with Crippen LogP contribution in [-0.4, -0.2) is 37.0 Å². The molecule has 0 fully saturated rings. The van der Waals surface area contributed by atoms with Gasteiger partial charge in [-0.1, -0.05) is 23.4 Å². The van der Waals surface area contributed by atoms with E-state index in [1.54, 1.807) is 54.1 Å². The van der Waals surface area contributed by atoms with E-state index >= 15 is 0 Å². The lowest BCUT2D eigenvalue weighted by molar-refractivity contribution is -0.113. The highest BCUT2D eigenvalue weighted by atomic mass is 35.5. The van der Waals surface area contributed by atoms with Crippen LogP contribution in [0.25, 0.3) is 5.69 Å². The SMILES string of the molecule is Cc1cc(NC(=O)CSc2nnnn2-c2ccc(Cl)cc2)ccc1O. The van der Waals surface area contributed by atoms with Gasteiger partial charge < -0.3 is 10.4 Å². The number of aryl methyl sites for hydroxylation is 1. The van der Waals surface area contributed by atoms with E-state index in [4.69, 9.17) is 11.6 Å². The summed E-state index contributed by atoms with van der Waals surface area (Å²) in [4.78, 5) is 12.1. The molecule has 0 radical (unpaired) electrons. The fraction of sp³-hybridized carbons (Fsp3) is 0.125. The van der Waals surface area contributed by atoms with Gasteiger partial charge in [0.25, 0.3) is 0 Å². The lowest BCUT2D eigenvalue weighted by atomic mass is 10.2. The van der Waals surface area contributed by atoms with E-state index in [-0.39, 0.29) is 17.4 Å². The number of carbonyl (C=O) groups is 1. The number of benzene rings is 2. The van der Waals surface area contributed by atoms with Gasteiger partial charge in [0, 0.05) is 10.7 Å². The zero-order chi connectivity index (χ0) is 17.8. The molecule has 2 N–H and O–H groups in total. The number of phenolic OH excluding ortho intramolecular Hbond substituents is 1. The zero-order valence-corrected chi connectivity index (χ0v) is 14.8. The van der Waals surface area contributed by atoms with Gasteiger partial charge in [-0.3, -0.25) is 4.79 Å². The standard InChI is InChI=1S/C16H14ClN5O2S/c1-10-8-12(4-7-14(10)23)18-15(24)9-25-16-19-20-21-22(16)13-5-2-11(17)3-6-13/h2-8,23H,9H2,1H3,(H,18,24). The molecule has 0 atom stereocenters. The molecule has 3 rings (SSSR count). The summed E-state index contributed by atoms with van der Waals surface area (Å²) in [7, 11) is 0. The summed E-state index contributed by atoms with van der Waals surface area (Å²) >= 11 is 7.10. The van der Waals surface area contributed by atoms with Gasteiger partial charge in [-0.2, -0.15) is 4.68 Å². The predicted molar refractivity (Wildman–Crippen MR) is 96.4 cm³/mol. The molecule has 3 aromatic rings. The molecule has 0 unspecified atom stereocenters. The van der Waals surface area contributed by atoms with E-state index in [1.807, 2.05) is 0 Å². The molecule has 1 heterocycles. The molecule has 0 aliphatic heterocycles. The van der Waals surface area contributed by atoms with Gasteiger partial charge in [0.2, 0.25) is 11.1 Å². The van der Waals surface area contributed by atoms with Gasteiger partial charge in [-0.25, -0.2) is 0 Å². The minimum atomic E-state index is -0.194. The van der Waals surface area contributed by atoms with Gasteiger partial charge in [-0.05, 0) is 65.4 Å². The molecule has 0 aliphatic rings. The first-order valence-electron chi connectivity index (χ1n) is 7.29. The van der Waals surface area contributed by atoms with Crippen LogP contribution in [0.1, 0.15) is 5.56 Å². The fourth-order valence-electron chi connectivity index (χ4n) is 2.07. The summed E-state index contributed by atoms with van der Waals surface area (Å²) < 4.78 is 1.54. The molecule has 9 heteroatoms. The van der Waals surface area contributed by atoms with E-state index in [0.29, 0.717) is 21.4 Å². The Bertz CT molecular complexity index is 898. The Morgan fingerprint density at radius 1 is 1.28 bits per heavy atom. The lowest BCUT2D eigenvalue weighted by Crippen LogP contribution is -2.14. The van der Waals surface area contributed by atoms with Crippen LogP contribution in [0, 0.1) is 6.92 Å². The molecule has 1 aromatic heterocycles. The molecule has 0 saturated carbocycles. The number of phenols is 1. The van der Waals surface area contributed by atoms with Crippen LogP contribution >= 0.6 is 23.4 Å². The van der Waals surface area contributed by atoms with Gasteiger partial charge in [0.15, 0.2) is 0 Å². The first-order chi connectivity index (χ1) is 12.0. The molecule has 128 valence electrons. The van der Waals surface area contributed by atoms with Crippen LogP contribution in [0.3, 0.4) is 0 Å². The third-order valence-corrected chi connectivity index (χ3v) is 4.50. The molecular weight excluding hydrogens is 362 g/mol. The average Bonchev–Trinajstić information content (AvgIpc) is 3.06. The first kappa shape index (κ1) is 17.2. The maximum atomic E-state index is 12.1. The predicted octanol–water partition coefficient (Wildman–Crippen LogP) is 3.06. The molecule has 0 bridgehead atoms. The largest absolute Gasteiger partial charge is 0.508 e. The van der Waals surface area contributed by atoms with Crippen LogP contribution in [0.5, 0.6) is 5.75 Å². The lowest BCUT2D eigenvalue weighted by Gasteiger charge is -2.07. The Hall–Kier alpha value is -2.58. The summed E-state index contributed by atoms with van der Waals surface area (Å²) in [5.41, 5.74) is 2.07. The second-order valence-electron chi connectivity index (χ2n) is 5.19.